The molecule has 6 nitrogen and oxygen atoms in total. The summed E-state index contributed by atoms with van der Waals surface area (Å²) in [5, 5.41) is 6.15. The first-order valence-electron chi connectivity index (χ1n) is 15.4. The lowest BCUT2D eigenvalue weighted by atomic mass is 9.90. The smallest absolute Gasteiger partial charge is 0.251 e. The zero-order valence-corrected chi connectivity index (χ0v) is 26.7. The molecule has 2 aromatic rings. The first kappa shape index (κ1) is 30.4. The number of aromatic nitrogens is 2. The molecule has 41 heavy (non-hydrogen) atoms. The van der Waals surface area contributed by atoms with Crippen molar-refractivity contribution in [3.8, 4) is 0 Å². The van der Waals surface area contributed by atoms with Crippen molar-refractivity contribution in [2.24, 2.45) is 0 Å². The van der Waals surface area contributed by atoms with Crippen molar-refractivity contribution in [2.45, 2.75) is 113 Å². The lowest BCUT2D eigenvalue weighted by Gasteiger charge is -2.15. The minimum Gasteiger partial charge on any atom is -0.358 e. The van der Waals surface area contributed by atoms with Gasteiger partial charge in [-0.05, 0) is 111 Å². The lowest BCUT2D eigenvalue weighted by Crippen LogP contribution is -2.15. The van der Waals surface area contributed by atoms with Crippen LogP contribution in [-0.2, 0) is 16.0 Å². The minimum absolute atomic E-state index is 0.00360. The molecule has 0 aliphatic carbocycles. The average Bonchev–Trinajstić information content (AvgIpc) is 3.60. The van der Waals surface area contributed by atoms with Crippen LogP contribution in [0.4, 0.5) is 0 Å². The highest BCUT2D eigenvalue weighted by Gasteiger charge is 2.27. The molecule has 6 heteroatoms. The Kier molecular flexibility index (Phi) is 9.00. The van der Waals surface area contributed by atoms with E-state index in [1.165, 1.54) is 33.6 Å². The molecule has 0 spiro atoms. The Balaban J connectivity index is 1.82. The van der Waals surface area contributed by atoms with Crippen molar-refractivity contribution in [2.75, 3.05) is 0 Å². The number of allylic oxidation sites excluding steroid dienone is 2. The third kappa shape index (κ3) is 5.53. The maximum absolute atomic E-state index is 12.4. The van der Waals surface area contributed by atoms with Crippen molar-refractivity contribution in [1.82, 2.24) is 20.6 Å². The number of hydrogen-bond acceptors (Lipinski definition) is 2. The van der Waals surface area contributed by atoms with Gasteiger partial charge in [0.05, 0.1) is 0 Å². The molecule has 2 atom stereocenters. The molecule has 2 amide bonds. The van der Waals surface area contributed by atoms with Gasteiger partial charge in [0.1, 0.15) is 0 Å². The number of hydrogen-bond donors (Lipinski definition) is 4. The highest BCUT2D eigenvalue weighted by Crippen LogP contribution is 2.37. The van der Waals surface area contributed by atoms with E-state index in [1.54, 1.807) is 0 Å². The zero-order chi connectivity index (χ0) is 30.2. The Morgan fingerprint density at radius 2 is 1.00 bits per heavy atom. The molecular formula is C35H48N4O2. The number of carbonyl (C=O) groups is 2. The summed E-state index contributed by atoms with van der Waals surface area (Å²) in [6.45, 7) is 21.5. The highest BCUT2D eigenvalue weighted by atomic mass is 16.2. The summed E-state index contributed by atoms with van der Waals surface area (Å²) in [5.74, 6) is 0.786. The number of nitrogens with one attached hydrogen (secondary N) is 4. The Labute approximate surface area is 245 Å². The van der Waals surface area contributed by atoms with Gasteiger partial charge in [-0.2, -0.15) is 0 Å². The van der Waals surface area contributed by atoms with Gasteiger partial charge in [0.15, 0.2) is 0 Å². The standard InChI is InChI=1S/C35H48N4O2/c1-11-18(5)32-22(9)26(15-28-24(13-3)20(7)34(40)38-28)36-30(32)17-31-33(19(6)12-2)23(10)27(37-31)16-29-25(14-4)21(8)35(41)39-29/h15-16,18-19,36-37H,11-14,17H2,1-10H3,(H,38,40)(H,39,41)/b28-15+,29-16+. The molecule has 2 aliphatic heterocycles. The van der Waals surface area contributed by atoms with E-state index in [4.69, 9.17) is 0 Å². The summed E-state index contributed by atoms with van der Waals surface area (Å²) in [4.78, 5) is 32.4. The fourth-order valence-corrected chi connectivity index (χ4v) is 6.58. The molecule has 2 aromatic heterocycles. The van der Waals surface area contributed by atoms with Crippen LogP contribution in [0.3, 0.4) is 0 Å². The third-order valence-electron chi connectivity index (χ3n) is 9.42. The quantitative estimate of drug-likeness (QED) is 0.239. The average molecular weight is 557 g/mol. The molecule has 0 saturated heterocycles. The van der Waals surface area contributed by atoms with E-state index in [0.29, 0.717) is 11.8 Å². The van der Waals surface area contributed by atoms with Crippen LogP contribution in [0, 0.1) is 13.8 Å². The van der Waals surface area contributed by atoms with Crippen molar-refractivity contribution in [3.05, 3.63) is 78.7 Å². The largest absolute Gasteiger partial charge is 0.358 e. The van der Waals surface area contributed by atoms with Crippen LogP contribution in [0.25, 0.3) is 12.2 Å². The van der Waals surface area contributed by atoms with E-state index in [2.05, 4.69) is 88.1 Å². The van der Waals surface area contributed by atoms with Crippen molar-refractivity contribution in [3.63, 3.8) is 0 Å². The lowest BCUT2D eigenvalue weighted by molar-refractivity contribution is -0.117. The Bertz CT molecular complexity index is 1390. The normalized spacial score (nSPS) is 19.2. The topological polar surface area (TPSA) is 89.8 Å². The first-order valence-corrected chi connectivity index (χ1v) is 15.4. The van der Waals surface area contributed by atoms with Gasteiger partial charge in [-0.3, -0.25) is 9.59 Å². The fourth-order valence-electron chi connectivity index (χ4n) is 6.58. The van der Waals surface area contributed by atoms with Gasteiger partial charge in [-0.25, -0.2) is 0 Å². The van der Waals surface area contributed by atoms with Gasteiger partial charge in [0.2, 0.25) is 0 Å². The summed E-state index contributed by atoms with van der Waals surface area (Å²) in [7, 11) is 0. The predicted molar refractivity (Wildman–Crippen MR) is 169 cm³/mol. The SMILES string of the molecule is CCC1=C(C)C(=O)N/C1=C/c1[nH]c(Cc2[nH]c(/C=C3/NC(=O)C(C)=C3CC)c(C)c2C(C)CC)c(C(C)CC)c1C. The van der Waals surface area contributed by atoms with Crippen LogP contribution in [-0.4, -0.2) is 21.8 Å². The number of amides is 2. The molecule has 4 N–H and O–H groups in total. The van der Waals surface area contributed by atoms with Crippen LogP contribution in [0.5, 0.6) is 0 Å². The minimum atomic E-state index is -0.00360. The molecule has 0 saturated carbocycles. The second-order valence-electron chi connectivity index (χ2n) is 11.8. The van der Waals surface area contributed by atoms with Gasteiger partial charge >= 0.3 is 0 Å². The first-order chi connectivity index (χ1) is 19.5. The fraction of sp³-hybridized carbons (Fsp3) is 0.486. The van der Waals surface area contributed by atoms with E-state index in [1.807, 2.05) is 13.8 Å². The second kappa shape index (κ2) is 12.1. The molecule has 4 heterocycles. The predicted octanol–water partition coefficient (Wildman–Crippen LogP) is 7.97. The van der Waals surface area contributed by atoms with Gasteiger partial charge in [-0.1, -0.05) is 41.5 Å². The molecule has 0 fully saturated rings. The Morgan fingerprint density at radius 1 is 0.634 bits per heavy atom. The summed E-state index contributed by atoms with van der Waals surface area (Å²) in [6, 6.07) is 0. The molecule has 0 aromatic carbocycles. The van der Waals surface area contributed by atoms with Gasteiger partial charge in [-0.15, -0.1) is 0 Å². The number of rotatable bonds is 10. The summed E-state index contributed by atoms with van der Waals surface area (Å²) in [5.41, 5.74) is 15.4. The van der Waals surface area contributed by atoms with Gasteiger partial charge < -0.3 is 20.6 Å². The Hall–Kier alpha value is -3.54. The number of carbonyl (C=O) groups excluding carboxylic acids is 2. The summed E-state index contributed by atoms with van der Waals surface area (Å²) < 4.78 is 0. The second-order valence-corrected chi connectivity index (χ2v) is 11.8. The molecule has 0 radical (unpaired) electrons. The third-order valence-corrected chi connectivity index (χ3v) is 9.42. The summed E-state index contributed by atoms with van der Waals surface area (Å²) >= 11 is 0. The summed E-state index contributed by atoms with van der Waals surface area (Å²) in [6.07, 6.45) is 8.71. The van der Waals surface area contributed by atoms with Crippen molar-refractivity contribution < 1.29 is 9.59 Å². The van der Waals surface area contributed by atoms with Crippen LogP contribution in [0.15, 0.2) is 33.7 Å². The van der Waals surface area contributed by atoms with E-state index in [0.717, 1.165) is 77.2 Å². The number of aromatic amines is 2. The van der Waals surface area contributed by atoms with E-state index >= 15 is 0 Å². The molecule has 2 aliphatic rings. The van der Waals surface area contributed by atoms with E-state index < -0.39 is 0 Å². The van der Waals surface area contributed by atoms with E-state index in [9.17, 15) is 9.59 Å². The molecule has 2 unspecified atom stereocenters. The highest BCUT2D eigenvalue weighted by molar-refractivity contribution is 6.01. The van der Waals surface area contributed by atoms with Crippen molar-refractivity contribution >= 4 is 24.0 Å². The van der Waals surface area contributed by atoms with Crippen LogP contribution in [0.2, 0.25) is 0 Å². The van der Waals surface area contributed by atoms with Crippen molar-refractivity contribution in [1.29, 1.82) is 0 Å². The maximum atomic E-state index is 12.4. The zero-order valence-electron chi connectivity index (χ0n) is 26.7. The van der Waals surface area contributed by atoms with Gasteiger partial charge in [0.25, 0.3) is 11.8 Å². The number of H-pyrrole nitrogens is 2. The monoisotopic (exact) mass is 556 g/mol. The van der Waals surface area contributed by atoms with Crippen LogP contribution < -0.4 is 10.6 Å². The maximum Gasteiger partial charge on any atom is 0.251 e. The van der Waals surface area contributed by atoms with E-state index in [-0.39, 0.29) is 11.8 Å². The molecular weight excluding hydrogens is 508 g/mol. The molecule has 220 valence electrons. The molecule has 4 rings (SSSR count). The molecule has 0 bridgehead atoms. The van der Waals surface area contributed by atoms with Gasteiger partial charge in [0, 0.05) is 51.7 Å². The van der Waals surface area contributed by atoms with Crippen LogP contribution >= 0.6 is 0 Å². The van der Waals surface area contributed by atoms with Crippen LogP contribution in [0.1, 0.15) is 138 Å². The Morgan fingerprint density at radius 3 is 1.32 bits per heavy atom.